The quantitative estimate of drug-likeness (QED) is 0.378. The number of para-hydroxylation sites is 1. The van der Waals surface area contributed by atoms with Crippen LogP contribution < -0.4 is 5.32 Å². The Balaban J connectivity index is 1.40. The van der Waals surface area contributed by atoms with Crippen molar-refractivity contribution >= 4 is 23.6 Å². The summed E-state index contributed by atoms with van der Waals surface area (Å²) in [5, 5.41) is 11.8. The highest BCUT2D eigenvalue weighted by Gasteiger charge is 2.23. The first kappa shape index (κ1) is 23.9. The maximum atomic E-state index is 14.5. The third-order valence-electron chi connectivity index (χ3n) is 5.90. The van der Waals surface area contributed by atoms with Crippen molar-refractivity contribution in [3.63, 3.8) is 0 Å². The first-order chi connectivity index (χ1) is 16.5. The minimum Gasteiger partial charge on any atom is -0.455 e. The topological polar surface area (TPSA) is 86.1 Å². The molecular weight excluding hydrogens is 455 g/mol. The summed E-state index contributed by atoms with van der Waals surface area (Å²) < 4.78 is 21.3. The molecule has 9 heteroatoms. The summed E-state index contributed by atoms with van der Waals surface area (Å²) in [5.41, 5.74) is 1.05. The molecule has 0 bridgehead atoms. The highest BCUT2D eigenvalue weighted by atomic mass is 32.2. The Morgan fingerprint density at radius 2 is 1.82 bits per heavy atom. The van der Waals surface area contributed by atoms with E-state index < -0.39 is 11.8 Å². The van der Waals surface area contributed by atoms with E-state index >= 15 is 0 Å². The molecule has 1 aliphatic carbocycles. The van der Waals surface area contributed by atoms with Gasteiger partial charge in [-0.25, -0.2) is 4.39 Å². The number of esters is 1. The fourth-order valence-corrected chi connectivity index (χ4v) is 4.83. The molecule has 4 rings (SSSR count). The van der Waals surface area contributed by atoms with Gasteiger partial charge in [0.05, 0.1) is 11.3 Å². The summed E-state index contributed by atoms with van der Waals surface area (Å²) in [5.74, 6) is -0.534. The van der Waals surface area contributed by atoms with Crippen LogP contribution in [0.1, 0.15) is 32.6 Å². The Hall–Kier alpha value is -3.20. The normalized spacial score (nSPS) is 17.8. The van der Waals surface area contributed by atoms with Crippen molar-refractivity contribution in [1.29, 1.82) is 0 Å². The van der Waals surface area contributed by atoms with Crippen molar-refractivity contribution in [2.24, 2.45) is 5.92 Å². The van der Waals surface area contributed by atoms with Gasteiger partial charge in [-0.05, 0) is 43.0 Å². The van der Waals surface area contributed by atoms with Gasteiger partial charge in [0.2, 0.25) is 0 Å². The molecule has 1 saturated carbocycles. The molecule has 3 aromatic rings. The van der Waals surface area contributed by atoms with Gasteiger partial charge in [0.25, 0.3) is 5.91 Å². The molecule has 7 nitrogen and oxygen atoms in total. The van der Waals surface area contributed by atoms with Crippen LogP contribution in [0.15, 0.2) is 59.8 Å². The number of ether oxygens (including phenoxy) is 1. The average Bonchev–Trinajstić information content (AvgIpc) is 3.27. The molecule has 0 spiro atoms. The van der Waals surface area contributed by atoms with Crippen LogP contribution in [0.3, 0.4) is 0 Å². The standard InChI is InChI=1S/C25H27FN4O3S/c1-17-9-5-8-14-21(17)27-22(31)15-33-23(32)16-34-25-29-28-24(19-12-6-7-13-20(19)26)30(25)18-10-3-2-4-11-18/h2-4,6-7,10-13,17,21H,5,8-9,14-16H2,1H3,(H,27,31). The number of thioether (sulfide) groups is 1. The molecule has 1 fully saturated rings. The van der Waals surface area contributed by atoms with Crippen molar-refractivity contribution in [2.75, 3.05) is 12.4 Å². The van der Waals surface area contributed by atoms with E-state index in [1.54, 1.807) is 22.8 Å². The van der Waals surface area contributed by atoms with Crippen LogP contribution in [-0.4, -0.2) is 45.0 Å². The third kappa shape index (κ3) is 5.83. The zero-order chi connectivity index (χ0) is 23.9. The smallest absolute Gasteiger partial charge is 0.316 e. The molecule has 2 aromatic carbocycles. The molecular formula is C25H27FN4O3S. The predicted molar refractivity (Wildman–Crippen MR) is 128 cm³/mol. The Morgan fingerprint density at radius 1 is 1.09 bits per heavy atom. The fourth-order valence-electron chi connectivity index (χ4n) is 4.08. The fraction of sp³-hybridized carbons (Fsp3) is 0.360. The number of carbonyl (C=O) groups excluding carboxylic acids is 2. The molecule has 1 amide bonds. The highest BCUT2D eigenvalue weighted by molar-refractivity contribution is 7.99. The van der Waals surface area contributed by atoms with Crippen LogP contribution in [0.4, 0.5) is 4.39 Å². The van der Waals surface area contributed by atoms with Crippen LogP contribution in [-0.2, 0) is 14.3 Å². The van der Waals surface area contributed by atoms with E-state index in [2.05, 4.69) is 22.4 Å². The first-order valence-electron chi connectivity index (χ1n) is 11.4. The Labute approximate surface area is 202 Å². The monoisotopic (exact) mass is 482 g/mol. The number of rotatable bonds is 8. The van der Waals surface area contributed by atoms with E-state index in [0.717, 1.165) is 36.7 Å². The molecule has 0 aliphatic heterocycles. The average molecular weight is 483 g/mol. The number of benzene rings is 2. The number of carbonyl (C=O) groups is 2. The van der Waals surface area contributed by atoms with E-state index in [0.29, 0.717) is 22.5 Å². The Kier molecular flexibility index (Phi) is 7.95. The summed E-state index contributed by atoms with van der Waals surface area (Å²) in [6.07, 6.45) is 4.34. The van der Waals surface area contributed by atoms with Crippen molar-refractivity contribution in [3.05, 3.63) is 60.4 Å². The first-order valence-corrected chi connectivity index (χ1v) is 12.3. The lowest BCUT2D eigenvalue weighted by atomic mass is 9.86. The minimum absolute atomic E-state index is 0.0602. The molecule has 0 radical (unpaired) electrons. The molecule has 1 heterocycles. The van der Waals surface area contributed by atoms with Gasteiger partial charge < -0.3 is 10.1 Å². The summed E-state index contributed by atoms with van der Waals surface area (Å²) in [6.45, 7) is 1.82. The van der Waals surface area contributed by atoms with Gasteiger partial charge in [-0.2, -0.15) is 0 Å². The number of hydrogen-bond acceptors (Lipinski definition) is 6. The van der Waals surface area contributed by atoms with Gasteiger partial charge in [-0.15, -0.1) is 10.2 Å². The summed E-state index contributed by atoms with van der Waals surface area (Å²) in [4.78, 5) is 24.5. The molecule has 34 heavy (non-hydrogen) atoms. The molecule has 0 saturated heterocycles. The minimum atomic E-state index is -0.535. The summed E-state index contributed by atoms with van der Waals surface area (Å²) >= 11 is 1.12. The van der Waals surface area contributed by atoms with E-state index in [-0.39, 0.29) is 24.3 Å². The molecule has 2 unspecified atom stereocenters. The molecule has 1 aliphatic rings. The number of halogens is 1. The second-order valence-corrected chi connectivity index (χ2v) is 9.28. The lowest BCUT2D eigenvalue weighted by Crippen LogP contribution is -2.43. The highest BCUT2D eigenvalue weighted by Crippen LogP contribution is 2.29. The predicted octanol–water partition coefficient (Wildman–Crippen LogP) is 4.40. The number of nitrogens with one attached hydrogen (secondary N) is 1. The largest absolute Gasteiger partial charge is 0.455 e. The van der Waals surface area contributed by atoms with Gasteiger partial charge >= 0.3 is 5.97 Å². The van der Waals surface area contributed by atoms with Gasteiger partial charge in [0.15, 0.2) is 17.6 Å². The van der Waals surface area contributed by atoms with Crippen molar-refractivity contribution in [2.45, 2.75) is 43.8 Å². The van der Waals surface area contributed by atoms with Crippen molar-refractivity contribution in [3.8, 4) is 17.1 Å². The lowest BCUT2D eigenvalue weighted by Gasteiger charge is -2.29. The second kappa shape index (κ2) is 11.3. The van der Waals surface area contributed by atoms with Crippen LogP contribution in [0, 0.1) is 11.7 Å². The van der Waals surface area contributed by atoms with E-state index in [1.165, 1.54) is 12.5 Å². The van der Waals surface area contributed by atoms with Gasteiger partial charge in [-0.3, -0.25) is 14.2 Å². The maximum Gasteiger partial charge on any atom is 0.316 e. The Morgan fingerprint density at radius 3 is 2.59 bits per heavy atom. The van der Waals surface area contributed by atoms with E-state index in [4.69, 9.17) is 4.74 Å². The SMILES string of the molecule is CC1CCCCC1NC(=O)COC(=O)CSc1nnc(-c2ccccc2F)n1-c1ccccc1. The second-order valence-electron chi connectivity index (χ2n) is 8.34. The zero-order valence-corrected chi connectivity index (χ0v) is 19.8. The summed E-state index contributed by atoms with van der Waals surface area (Å²) in [7, 11) is 0. The third-order valence-corrected chi connectivity index (χ3v) is 6.81. The van der Waals surface area contributed by atoms with Gasteiger partial charge in [0, 0.05) is 11.7 Å². The number of hydrogen-bond donors (Lipinski definition) is 1. The molecule has 178 valence electrons. The van der Waals surface area contributed by atoms with Crippen LogP contribution in [0.5, 0.6) is 0 Å². The van der Waals surface area contributed by atoms with E-state index in [9.17, 15) is 14.0 Å². The van der Waals surface area contributed by atoms with Crippen LogP contribution >= 0.6 is 11.8 Å². The zero-order valence-electron chi connectivity index (χ0n) is 18.9. The van der Waals surface area contributed by atoms with E-state index in [1.807, 2.05) is 30.3 Å². The Bertz CT molecular complexity index is 1140. The summed E-state index contributed by atoms with van der Waals surface area (Å²) in [6, 6.07) is 15.8. The lowest BCUT2D eigenvalue weighted by molar-refractivity contribution is -0.146. The van der Waals surface area contributed by atoms with Crippen LogP contribution in [0.2, 0.25) is 0 Å². The molecule has 1 N–H and O–H groups in total. The van der Waals surface area contributed by atoms with Crippen LogP contribution in [0.25, 0.3) is 17.1 Å². The number of nitrogens with zero attached hydrogens (tertiary/aromatic N) is 3. The number of amides is 1. The van der Waals surface area contributed by atoms with Gasteiger partial charge in [-0.1, -0.05) is 61.9 Å². The number of aromatic nitrogens is 3. The van der Waals surface area contributed by atoms with Crippen molar-refractivity contribution < 1.29 is 18.7 Å². The van der Waals surface area contributed by atoms with Gasteiger partial charge in [0.1, 0.15) is 5.82 Å². The molecule has 2 atom stereocenters. The molecule has 1 aromatic heterocycles. The van der Waals surface area contributed by atoms with Crippen molar-refractivity contribution in [1.82, 2.24) is 20.1 Å². The maximum absolute atomic E-state index is 14.5.